The largest absolute Gasteiger partial charge is 0.339 e. The molecule has 0 N–H and O–H groups in total. The summed E-state index contributed by atoms with van der Waals surface area (Å²) in [6, 6.07) is 18.5. The Labute approximate surface area is 133 Å². The molecule has 2 heteroatoms. The third kappa shape index (κ3) is 4.32. The summed E-state index contributed by atoms with van der Waals surface area (Å²) in [4.78, 5) is 14.2. The number of benzene rings is 2. The van der Waals surface area contributed by atoms with E-state index in [9.17, 15) is 4.79 Å². The van der Waals surface area contributed by atoms with Gasteiger partial charge in [0.15, 0.2) is 0 Å². The monoisotopic (exact) mass is 293 g/mol. The fraction of sp³-hybridized carbons (Fsp3) is 0.250. The summed E-state index contributed by atoms with van der Waals surface area (Å²) in [5.41, 5.74) is 4.42. The number of rotatable bonds is 6. The molecule has 0 saturated carbocycles. The van der Waals surface area contributed by atoms with E-state index in [1.807, 2.05) is 49.1 Å². The number of carbonyl (C=O) groups excluding carboxylic acids is 1. The third-order valence-corrected chi connectivity index (χ3v) is 3.61. The number of nitrogens with zero attached hydrogens (tertiary/aromatic N) is 1. The Bertz CT molecular complexity index is 629. The number of hydrogen-bond acceptors (Lipinski definition) is 1. The highest BCUT2D eigenvalue weighted by molar-refractivity contribution is 5.79. The second kappa shape index (κ2) is 7.60. The Morgan fingerprint density at radius 1 is 1.00 bits per heavy atom. The molecule has 0 fully saturated rings. The van der Waals surface area contributed by atoms with Crippen LogP contribution in [0.3, 0.4) is 0 Å². The average Bonchev–Trinajstić information content (AvgIpc) is 2.54. The first-order valence-corrected chi connectivity index (χ1v) is 7.66. The van der Waals surface area contributed by atoms with Gasteiger partial charge in [0.1, 0.15) is 0 Å². The van der Waals surface area contributed by atoms with Crippen LogP contribution < -0.4 is 0 Å². The molecule has 1 amide bonds. The molecular formula is C20H23NO. The Morgan fingerprint density at radius 3 is 2.14 bits per heavy atom. The van der Waals surface area contributed by atoms with Crippen molar-refractivity contribution in [2.75, 3.05) is 13.1 Å². The summed E-state index contributed by atoms with van der Waals surface area (Å²) in [7, 11) is 0. The summed E-state index contributed by atoms with van der Waals surface area (Å²) >= 11 is 0. The van der Waals surface area contributed by atoms with Crippen molar-refractivity contribution in [1.29, 1.82) is 0 Å². The first-order chi connectivity index (χ1) is 10.6. The Kier molecular flexibility index (Phi) is 5.54. The van der Waals surface area contributed by atoms with Crippen LogP contribution in [-0.4, -0.2) is 23.9 Å². The first kappa shape index (κ1) is 16.0. The second-order valence-corrected chi connectivity index (χ2v) is 5.60. The maximum atomic E-state index is 12.3. The molecule has 0 saturated heterocycles. The molecule has 0 spiro atoms. The molecule has 0 aliphatic rings. The van der Waals surface area contributed by atoms with Gasteiger partial charge in [-0.05, 0) is 30.5 Å². The molecule has 2 aromatic rings. The second-order valence-electron chi connectivity index (χ2n) is 5.60. The van der Waals surface area contributed by atoms with Gasteiger partial charge < -0.3 is 4.90 Å². The number of amides is 1. The lowest BCUT2D eigenvalue weighted by Gasteiger charge is -2.21. The van der Waals surface area contributed by atoms with Crippen molar-refractivity contribution in [3.63, 3.8) is 0 Å². The lowest BCUT2D eigenvalue weighted by molar-refractivity contribution is -0.129. The fourth-order valence-electron chi connectivity index (χ4n) is 2.43. The molecular weight excluding hydrogens is 270 g/mol. The van der Waals surface area contributed by atoms with Gasteiger partial charge in [-0.2, -0.15) is 0 Å². The van der Waals surface area contributed by atoms with Crippen LogP contribution in [0.2, 0.25) is 0 Å². The minimum Gasteiger partial charge on any atom is -0.339 e. The molecule has 0 heterocycles. The number of likely N-dealkylation sites (N-methyl/N-ethyl adjacent to an activating group) is 1. The molecule has 0 radical (unpaired) electrons. The van der Waals surface area contributed by atoms with Gasteiger partial charge in [-0.3, -0.25) is 4.79 Å². The van der Waals surface area contributed by atoms with E-state index in [0.717, 1.165) is 11.1 Å². The van der Waals surface area contributed by atoms with Gasteiger partial charge in [0.2, 0.25) is 5.91 Å². The lowest BCUT2D eigenvalue weighted by atomic mass is 10.0. The van der Waals surface area contributed by atoms with Crippen LogP contribution >= 0.6 is 0 Å². The minimum absolute atomic E-state index is 0.151. The molecule has 0 unspecified atom stereocenters. The van der Waals surface area contributed by atoms with Gasteiger partial charge in [0, 0.05) is 13.1 Å². The molecule has 2 rings (SSSR count). The minimum atomic E-state index is 0.151. The highest BCUT2D eigenvalue weighted by atomic mass is 16.2. The maximum Gasteiger partial charge on any atom is 0.227 e. The highest BCUT2D eigenvalue weighted by Crippen LogP contribution is 2.19. The van der Waals surface area contributed by atoms with Crippen molar-refractivity contribution in [2.45, 2.75) is 20.3 Å². The lowest BCUT2D eigenvalue weighted by Crippen LogP contribution is -2.33. The van der Waals surface area contributed by atoms with Gasteiger partial charge in [0.25, 0.3) is 0 Å². The Hall–Kier alpha value is -2.35. The molecule has 2 nitrogen and oxygen atoms in total. The van der Waals surface area contributed by atoms with E-state index in [-0.39, 0.29) is 5.91 Å². The van der Waals surface area contributed by atoms with E-state index in [4.69, 9.17) is 0 Å². The van der Waals surface area contributed by atoms with Gasteiger partial charge in [-0.25, -0.2) is 0 Å². The molecule has 22 heavy (non-hydrogen) atoms. The van der Waals surface area contributed by atoms with Gasteiger partial charge in [-0.1, -0.05) is 66.7 Å². The summed E-state index contributed by atoms with van der Waals surface area (Å²) in [5, 5.41) is 0. The molecule has 114 valence electrons. The van der Waals surface area contributed by atoms with E-state index >= 15 is 0 Å². The number of carbonyl (C=O) groups is 1. The van der Waals surface area contributed by atoms with Gasteiger partial charge in [-0.15, -0.1) is 0 Å². The van der Waals surface area contributed by atoms with Crippen molar-refractivity contribution < 1.29 is 4.79 Å². The molecule has 0 bridgehead atoms. The van der Waals surface area contributed by atoms with Crippen molar-refractivity contribution in [3.8, 4) is 11.1 Å². The smallest absolute Gasteiger partial charge is 0.227 e. The van der Waals surface area contributed by atoms with Crippen LogP contribution in [0.25, 0.3) is 11.1 Å². The standard InChI is InChI=1S/C20H23NO/c1-4-21(15-16(2)3)20(22)14-17-10-12-19(13-11-17)18-8-6-5-7-9-18/h5-13H,2,4,14-15H2,1,3H3. The van der Waals surface area contributed by atoms with Crippen molar-refractivity contribution in [2.24, 2.45) is 0 Å². The summed E-state index contributed by atoms with van der Waals surface area (Å²) < 4.78 is 0. The summed E-state index contributed by atoms with van der Waals surface area (Å²) in [6.07, 6.45) is 0.441. The van der Waals surface area contributed by atoms with Crippen molar-refractivity contribution in [3.05, 3.63) is 72.3 Å². The predicted octanol–water partition coefficient (Wildman–Crippen LogP) is 4.32. The topological polar surface area (TPSA) is 20.3 Å². The van der Waals surface area contributed by atoms with E-state index in [2.05, 4.69) is 30.8 Å². The van der Waals surface area contributed by atoms with Crippen LogP contribution in [0, 0.1) is 0 Å². The predicted molar refractivity (Wildman–Crippen MR) is 92.7 cm³/mol. The van der Waals surface area contributed by atoms with Crippen LogP contribution in [0.5, 0.6) is 0 Å². The normalized spacial score (nSPS) is 10.3. The zero-order chi connectivity index (χ0) is 15.9. The SMILES string of the molecule is C=C(C)CN(CC)C(=O)Cc1ccc(-c2ccccc2)cc1. The van der Waals surface area contributed by atoms with E-state index in [1.165, 1.54) is 11.1 Å². The molecule has 0 aliphatic heterocycles. The van der Waals surface area contributed by atoms with Gasteiger partial charge >= 0.3 is 0 Å². The molecule has 0 atom stereocenters. The van der Waals surface area contributed by atoms with Crippen LogP contribution in [-0.2, 0) is 11.2 Å². The summed E-state index contributed by atoms with van der Waals surface area (Å²) in [5.74, 6) is 0.151. The molecule has 0 aliphatic carbocycles. The third-order valence-electron chi connectivity index (χ3n) is 3.61. The highest BCUT2D eigenvalue weighted by Gasteiger charge is 2.12. The number of hydrogen-bond donors (Lipinski definition) is 0. The summed E-state index contributed by atoms with van der Waals surface area (Å²) in [6.45, 7) is 9.18. The quantitative estimate of drug-likeness (QED) is 0.726. The molecule has 2 aromatic carbocycles. The van der Waals surface area contributed by atoms with Crippen LogP contribution in [0.1, 0.15) is 19.4 Å². The van der Waals surface area contributed by atoms with E-state index in [1.54, 1.807) is 0 Å². The molecule has 0 aromatic heterocycles. The van der Waals surface area contributed by atoms with Crippen molar-refractivity contribution in [1.82, 2.24) is 4.90 Å². The fourth-order valence-corrected chi connectivity index (χ4v) is 2.43. The van der Waals surface area contributed by atoms with E-state index in [0.29, 0.717) is 19.5 Å². The van der Waals surface area contributed by atoms with Crippen molar-refractivity contribution >= 4 is 5.91 Å². The van der Waals surface area contributed by atoms with E-state index < -0.39 is 0 Å². The maximum absolute atomic E-state index is 12.3. The van der Waals surface area contributed by atoms with Gasteiger partial charge in [0.05, 0.1) is 6.42 Å². The van der Waals surface area contributed by atoms with Crippen LogP contribution in [0.4, 0.5) is 0 Å². The first-order valence-electron chi connectivity index (χ1n) is 7.66. The Morgan fingerprint density at radius 2 is 1.59 bits per heavy atom. The zero-order valence-electron chi connectivity index (χ0n) is 13.4. The zero-order valence-corrected chi connectivity index (χ0v) is 13.4. The average molecular weight is 293 g/mol. The Balaban J connectivity index is 2.05. The van der Waals surface area contributed by atoms with Crippen LogP contribution in [0.15, 0.2) is 66.7 Å².